The number of nitrogens with one attached hydrogen (secondary N) is 2. The average molecular weight is 388 g/mol. The molecule has 6 nitrogen and oxygen atoms in total. The first kappa shape index (κ1) is 18.6. The summed E-state index contributed by atoms with van der Waals surface area (Å²) >= 11 is 0. The summed E-state index contributed by atoms with van der Waals surface area (Å²) in [7, 11) is 0. The highest BCUT2D eigenvalue weighted by atomic mass is 16.5. The molecule has 0 spiro atoms. The van der Waals surface area contributed by atoms with Gasteiger partial charge in [0.2, 0.25) is 0 Å². The van der Waals surface area contributed by atoms with Gasteiger partial charge >= 0.3 is 0 Å². The number of hydrogen-bond donors (Lipinski definition) is 2. The minimum Gasteiger partial charge on any atom is -0.491 e. The molecule has 3 aromatic carbocycles. The summed E-state index contributed by atoms with van der Waals surface area (Å²) in [5, 5.41) is 5.59. The quantitative estimate of drug-likeness (QED) is 0.672. The van der Waals surface area contributed by atoms with Crippen molar-refractivity contribution in [3.63, 3.8) is 0 Å². The van der Waals surface area contributed by atoms with Crippen molar-refractivity contribution >= 4 is 23.2 Å². The molecule has 0 saturated carbocycles. The fourth-order valence-corrected chi connectivity index (χ4v) is 3.03. The summed E-state index contributed by atoms with van der Waals surface area (Å²) in [5.41, 5.74) is 2.77. The summed E-state index contributed by atoms with van der Waals surface area (Å²) in [6.45, 7) is 0.444. The number of carbonyl (C=O) groups is 2. The third-order valence-corrected chi connectivity index (χ3v) is 4.50. The topological polar surface area (TPSA) is 76.7 Å². The lowest BCUT2D eigenvalue weighted by Crippen LogP contribution is -2.25. The van der Waals surface area contributed by atoms with E-state index in [1.165, 1.54) is 5.56 Å². The maximum absolute atomic E-state index is 12.7. The number of rotatable bonds is 6. The van der Waals surface area contributed by atoms with Crippen molar-refractivity contribution in [1.82, 2.24) is 0 Å². The van der Waals surface area contributed by atoms with E-state index in [1.807, 2.05) is 36.4 Å². The van der Waals surface area contributed by atoms with E-state index in [1.54, 1.807) is 24.3 Å². The number of carbonyl (C=O) groups excluding carboxylic acids is 2. The van der Waals surface area contributed by atoms with Crippen LogP contribution in [0.5, 0.6) is 11.5 Å². The van der Waals surface area contributed by atoms with Crippen LogP contribution in [0.15, 0.2) is 72.8 Å². The van der Waals surface area contributed by atoms with Gasteiger partial charge in [0.15, 0.2) is 6.61 Å². The zero-order valence-corrected chi connectivity index (χ0v) is 15.7. The third kappa shape index (κ3) is 4.55. The number of ether oxygens (including phenoxy) is 2. The lowest BCUT2D eigenvalue weighted by molar-refractivity contribution is -0.118. The molecule has 2 amide bonds. The first-order chi connectivity index (χ1) is 14.2. The monoisotopic (exact) mass is 388 g/mol. The maximum atomic E-state index is 12.7. The van der Waals surface area contributed by atoms with Gasteiger partial charge in [0.05, 0.1) is 18.0 Å². The SMILES string of the molecule is O=C1COc2cc(C(=O)Nc3ccccc3OCCc3ccccc3)ccc2N1. The molecule has 4 rings (SSSR count). The molecule has 1 aliphatic heterocycles. The van der Waals surface area contributed by atoms with Crippen LogP contribution in [0.4, 0.5) is 11.4 Å². The van der Waals surface area contributed by atoms with Crippen molar-refractivity contribution in [2.24, 2.45) is 0 Å². The summed E-state index contributed by atoms with van der Waals surface area (Å²) < 4.78 is 11.3. The van der Waals surface area contributed by atoms with E-state index >= 15 is 0 Å². The summed E-state index contributed by atoms with van der Waals surface area (Å²) in [4.78, 5) is 24.1. The molecule has 146 valence electrons. The molecule has 0 atom stereocenters. The van der Waals surface area contributed by atoms with Crippen molar-refractivity contribution in [3.8, 4) is 11.5 Å². The standard InChI is InChI=1S/C23H20N2O4/c26-22-15-29-21-14-17(10-11-19(21)24-22)23(27)25-18-8-4-5-9-20(18)28-13-12-16-6-2-1-3-7-16/h1-11,14H,12-13,15H2,(H,24,26)(H,25,27). The van der Waals surface area contributed by atoms with Crippen LogP contribution in [0.3, 0.4) is 0 Å². The van der Waals surface area contributed by atoms with Crippen LogP contribution in [0, 0.1) is 0 Å². The Balaban J connectivity index is 1.43. The largest absolute Gasteiger partial charge is 0.491 e. The molecule has 1 heterocycles. The first-order valence-corrected chi connectivity index (χ1v) is 9.33. The molecule has 0 fully saturated rings. The van der Waals surface area contributed by atoms with Crippen molar-refractivity contribution in [1.29, 1.82) is 0 Å². The molecule has 0 bridgehead atoms. The van der Waals surface area contributed by atoms with Crippen LogP contribution in [0.1, 0.15) is 15.9 Å². The maximum Gasteiger partial charge on any atom is 0.262 e. The molecule has 0 aliphatic carbocycles. The fraction of sp³-hybridized carbons (Fsp3) is 0.130. The molecule has 2 N–H and O–H groups in total. The van der Waals surface area contributed by atoms with Crippen molar-refractivity contribution in [2.75, 3.05) is 23.8 Å². The highest BCUT2D eigenvalue weighted by Crippen LogP contribution is 2.30. The highest BCUT2D eigenvalue weighted by Gasteiger charge is 2.18. The number of fused-ring (bicyclic) bond motifs is 1. The molecule has 0 saturated heterocycles. The Morgan fingerprint density at radius 2 is 1.83 bits per heavy atom. The summed E-state index contributed by atoms with van der Waals surface area (Å²) in [6, 6.07) is 22.3. The van der Waals surface area contributed by atoms with E-state index in [-0.39, 0.29) is 18.4 Å². The molecular formula is C23H20N2O4. The fourth-order valence-electron chi connectivity index (χ4n) is 3.03. The van der Waals surface area contributed by atoms with Gasteiger partial charge < -0.3 is 20.1 Å². The number of anilines is 2. The molecular weight excluding hydrogens is 368 g/mol. The van der Waals surface area contributed by atoms with E-state index in [4.69, 9.17) is 9.47 Å². The highest BCUT2D eigenvalue weighted by molar-refractivity contribution is 6.06. The van der Waals surface area contributed by atoms with Crippen molar-refractivity contribution < 1.29 is 19.1 Å². The normalized spacial score (nSPS) is 12.3. The molecule has 6 heteroatoms. The predicted molar refractivity (Wildman–Crippen MR) is 111 cm³/mol. The van der Waals surface area contributed by atoms with Gasteiger partial charge in [-0.3, -0.25) is 9.59 Å². The third-order valence-electron chi connectivity index (χ3n) is 4.50. The van der Waals surface area contributed by atoms with Crippen LogP contribution < -0.4 is 20.1 Å². The van der Waals surface area contributed by atoms with E-state index in [0.717, 1.165) is 6.42 Å². The van der Waals surface area contributed by atoms with Gasteiger partial charge in [-0.1, -0.05) is 42.5 Å². The molecule has 0 radical (unpaired) electrons. The van der Waals surface area contributed by atoms with Crippen LogP contribution in [-0.2, 0) is 11.2 Å². The van der Waals surface area contributed by atoms with Gasteiger partial charge in [-0.2, -0.15) is 0 Å². The Bertz CT molecular complexity index is 1030. The Hall–Kier alpha value is -3.80. The number of para-hydroxylation sites is 2. The molecule has 29 heavy (non-hydrogen) atoms. The second-order valence-electron chi connectivity index (χ2n) is 6.58. The van der Waals surface area contributed by atoms with Crippen molar-refractivity contribution in [3.05, 3.63) is 83.9 Å². The van der Waals surface area contributed by atoms with Gasteiger partial charge in [-0.15, -0.1) is 0 Å². The number of benzene rings is 3. The van der Waals surface area contributed by atoms with Gasteiger partial charge in [0.1, 0.15) is 11.5 Å². The summed E-state index contributed by atoms with van der Waals surface area (Å²) in [6.07, 6.45) is 0.775. The molecule has 1 aliphatic rings. The second-order valence-corrected chi connectivity index (χ2v) is 6.58. The van der Waals surface area contributed by atoms with Gasteiger partial charge in [0.25, 0.3) is 11.8 Å². The van der Waals surface area contributed by atoms with Crippen LogP contribution in [0.25, 0.3) is 0 Å². The van der Waals surface area contributed by atoms with Crippen LogP contribution >= 0.6 is 0 Å². The number of amides is 2. The van der Waals surface area contributed by atoms with Gasteiger partial charge in [-0.25, -0.2) is 0 Å². The Morgan fingerprint density at radius 3 is 2.69 bits per heavy atom. The van der Waals surface area contributed by atoms with E-state index in [0.29, 0.717) is 35.0 Å². The van der Waals surface area contributed by atoms with E-state index in [9.17, 15) is 9.59 Å². The van der Waals surface area contributed by atoms with Crippen molar-refractivity contribution in [2.45, 2.75) is 6.42 Å². The summed E-state index contributed by atoms with van der Waals surface area (Å²) in [5.74, 6) is 0.589. The molecule has 3 aromatic rings. The van der Waals surface area contributed by atoms with E-state index < -0.39 is 0 Å². The lowest BCUT2D eigenvalue weighted by Gasteiger charge is -2.18. The Morgan fingerprint density at radius 1 is 1.03 bits per heavy atom. The lowest BCUT2D eigenvalue weighted by atomic mass is 10.1. The predicted octanol–water partition coefficient (Wildman–Crippen LogP) is 3.89. The zero-order chi connectivity index (χ0) is 20.1. The van der Waals surface area contributed by atoms with Gasteiger partial charge in [-0.05, 0) is 35.9 Å². The first-order valence-electron chi connectivity index (χ1n) is 9.33. The molecule has 0 unspecified atom stereocenters. The minimum absolute atomic E-state index is 0.0594. The average Bonchev–Trinajstić information content (AvgIpc) is 2.75. The Labute approximate surface area is 168 Å². The Kier molecular flexibility index (Phi) is 5.42. The minimum atomic E-state index is -0.285. The number of hydrogen-bond acceptors (Lipinski definition) is 4. The zero-order valence-electron chi connectivity index (χ0n) is 15.7. The van der Waals surface area contributed by atoms with E-state index in [2.05, 4.69) is 22.8 Å². The molecule has 0 aromatic heterocycles. The van der Waals surface area contributed by atoms with Crippen LogP contribution in [0.2, 0.25) is 0 Å². The van der Waals surface area contributed by atoms with Gasteiger partial charge in [0, 0.05) is 12.0 Å². The second kappa shape index (κ2) is 8.48. The smallest absolute Gasteiger partial charge is 0.262 e. The van der Waals surface area contributed by atoms with Crippen LogP contribution in [-0.4, -0.2) is 25.0 Å².